The van der Waals surface area contributed by atoms with E-state index in [1.807, 2.05) is 30.0 Å². The normalized spacial score (nSPS) is 18.7. The summed E-state index contributed by atoms with van der Waals surface area (Å²) in [6, 6.07) is 6.12. The molecule has 1 fully saturated rings. The molecule has 156 valence electrons. The second-order valence-corrected chi connectivity index (χ2v) is 7.48. The van der Waals surface area contributed by atoms with Crippen molar-refractivity contribution in [3.8, 4) is 22.1 Å². The van der Waals surface area contributed by atoms with E-state index in [2.05, 4.69) is 24.1 Å². The van der Waals surface area contributed by atoms with E-state index < -0.39 is 0 Å². The van der Waals surface area contributed by atoms with Crippen LogP contribution in [0.3, 0.4) is 0 Å². The number of carbonyl (C=O) groups is 1. The van der Waals surface area contributed by atoms with Crippen molar-refractivity contribution >= 4 is 42.1 Å². The Morgan fingerprint density at radius 2 is 1.89 bits per heavy atom. The van der Waals surface area contributed by atoms with Gasteiger partial charge in [-0.3, -0.25) is 4.79 Å². The van der Waals surface area contributed by atoms with Crippen LogP contribution in [0.2, 0.25) is 0 Å². The molecule has 0 spiro atoms. The predicted octanol–water partition coefficient (Wildman–Crippen LogP) is 3.80. The molecule has 1 aliphatic heterocycles. The third-order valence-electron chi connectivity index (χ3n) is 4.92. The largest absolute Gasteiger partial charge is 0.493 e. The van der Waals surface area contributed by atoms with Gasteiger partial charge in [-0.1, -0.05) is 0 Å². The average molecular weight is 448 g/mol. The second kappa shape index (κ2) is 10.3. The highest BCUT2D eigenvalue weighted by atomic mass is 35.5. The van der Waals surface area contributed by atoms with Crippen LogP contribution in [0.1, 0.15) is 29.2 Å². The molecule has 0 radical (unpaired) electrons. The molecule has 9 heteroatoms. The van der Waals surface area contributed by atoms with Crippen LogP contribution in [0, 0.1) is 6.92 Å². The van der Waals surface area contributed by atoms with E-state index in [-0.39, 0.29) is 42.8 Å². The number of ether oxygens (including phenoxy) is 2. The molecule has 0 saturated carbocycles. The van der Waals surface area contributed by atoms with Gasteiger partial charge in [0.25, 0.3) is 5.91 Å². The number of nitrogens with zero attached hydrogens (tertiary/aromatic N) is 2. The summed E-state index contributed by atoms with van der Waals surface area (Å²) in [6.07, 6.45) is 0. The fourth-order valence-electron chi connectivity index (χ4n) is 3.16. The molecule has 1 saturated heterocycles. The first-order valence-electron chi connectivity index (χ1n) is 8.70. The number of carbonyl (C=O) groups excluding carboxylic acids is 1. The van der Waals surface area contributed by atoms with Gasteiger partial charge in [0.2, 0.25) is 0 Å². The van der Waals surface area contributed by atoms with Crippen molar-refractivity contribution in [3.63, 3.8) is 0 Å². The number of thiazole rings is 1. The van der Waals surface area contributed by atoms with Crippen LogP contribution in [0.4, 0.5) is 0 Å². The molecule has 0 bridgehead atoms. The van der Waals surface area contributed by atoms with E-state index in [0.717, 1.165) is 22.8 Å². The average Bonchev–Trinajstić information content (AvgIpc) is 3.04. The molecule has 2 aromatic rings. The number of methoxy groups -OCH3 is 2. The van der Waals surface area contributed by atoms with E-state index in [1.165, 1.54) is 11.3 Å². The lowest BCUT2D eigenvalue weighted by Crippen LogP contribution is -2.57. The Labute approximate surface area is 182 Å². The van der Waals surface area contributed by atoms with Crippen LogP contribution in [-0.4, -0.2) is 55.2 Å². The first-order valence-corrected chi connectivity index (χ1v) is 9.52. The summed E-state index contributed by atoms with van der Waals surface area (Å²) in [6.45, 7) is 7.62. The quantitative estimate of drug-likeness (QED) is 0.771. The summed E-state index contributed by atoms with van der Waals surface area (Å²) in [4.78, 5) is 20.3. The first kappa shape index (κ1) is 24.5. The van der Waals surface area contributed by atoms with Gasteiger partial charge < -0.3 is 19.7 Å². The third kappa shape index (κ3) is 4.71. The Morgan fingerprint density at radius 3 is 2.54 bits per heavy atom. The smallest absolute Gasteiger partial charge is 0.266 e. The maximum absolute atomic E-state index is 13.1. The van der Waals surface area contributed by atoms with Gasteiger partial charge in [-0.05, 0) is 39.0 Å². The van der Waals surface area contributed by atoms with Gasteiger partial charge in [-0.25, -0.2) is 4.98 Å². The van der Waals surface area contributed by atoms with Crippen molar-refractivity contribution in [2.45, 2.75) is 32.9 Å². The fraction of sp³-hybridized carbons (Fsp3) is 0.474. The molecule has 1 N–H and O–H groups in total. The molecule has 6 nitrogen and oxygen atoms in total. The molecular weight excluding hydrogens is 421 g/mol. The van der Waals surface area contributed by atoms with Crippen LogP contribution >= 0.6 is 36.2 Å². The number of aromatic nitrogens is 1. The molecule has 3 rings (SSSR count). The molecule has 1 aromatic heterocycles. The molecule has 1 amide bonds. The predicted molar refractivity (Wildman–Crippen MR) is 118 cm³/mol. The summed E-state index contributed by atoms with van der Waals surface area (Å²) in [5.41, 5.74) is 1.68. The molecule has 0 aliphatic carbocycles. The molecular formula is C19H27Cl2N3O3S. The van der Waals surface area contributed by atoms with Gasteiger partial charge in [0.15, 0.2) is 11.5 Å². The van der Waals surface area contributed by atoms with Crippen LogP contribution in [-0.2, 0) is 0 Å². The minimum Gasteiger partial charge on any atom is -0.493 e. The molecule has 2 atom stereocenters. The molecule has 1 aromatic carbocycles. The van der Waals surface area contributed by atoms with Gasteiger partial charge in [0, 0.05) is 30.7 Å². The molecule has 2 heterocycles. The Bertz CT molecular complexity index is 816. The van der Waals surface area contributed by atoms with E-state index in [4.69, 9.17) is 9.47 Å². The maximum Gasteiger partial charge on any atom is 0.266 e. The zero-order valence-electron chi connectivity index (χ0n) is 16.6. The van der Waals surface area contributed by atoms with Crippen molar-refractivity contribution in [1.82, 2.24) is 15.2 Å². The van der Waals surface area contributed by atoms with Crippen LogP contribution in [0.15, 0.2) is 18.2 Å². The minimum atomic E-state index is 0. The Hall–Kier alpha value is -1.54. The number of amides is 1. The highest BCUT2D eigenvalue weighted by Crippen LogP contribution is 2.35. The number of aryl methyl sites for hydroxylation is 1. The highest BCUT2D eigenvalue weighted by Gasteiger charge is 2.31. The summed E-state index contributed by atoms with van der Waals surface area (Å²) in [7, 11) is 3.22. The number of hydrogen-bond acceptors (Lipinski definition) is 6. The molecule has 1 aliphatic rings. The number of benzene rings is 1. The zero-order valence-corrected chi connectivity index (χ0v) is 19.1. The van der Waals surface area contributed by atoms with E-state index >= 15 is 0 Å². The zero-order chi connectivity index (χ0) is 18.8. The Balaban J connectivity index is 0.00000196. The third-order valence-corrected chi connectivity index (χ3v) is 6.11. The number of halogens is 2. The SMILES string of the molecule is COc1ccc(-c2nc(C)c(C(=O)N3CCNC(C)C3C)s2)cc1OC.Cl.Cl. The van der Waals surface area contributed by atoms with Gasteiger partial charge in [0.05, 0.1) is 19.9 Å². The molecule has 2 unspecified atom stereocenters. The Kier molecular flexibility index (Phi) is 9.01. The van der Waals surface area contributed by atoms with Gasteiger partial charge in [-0.2, -0.15) is 0 Å². The topological polar surface area (TPSA) is 63.7 Å². The summed E-state index contributed by atoms with van der Waals surface area (Å²) < 4.78 is 10.7. The summed E-state index contributed by atoms with van der Waals surface area (Å²) >= 11 is 1.43. The number of piperazine rings is 1. The fourth-order valence-corrected chi connectivity index (χ4v) is 4.18. The van der Waals surface area contributed by atoms with Crippen LogP contribution in [0.25, 0.3) is 10.6 Å². The molecule has 28 heavy (non-hydrogen) atoms. The van der Waals surface area contributed by atoms with Crippen molar-refractivity contribution < 1.29 is 14.3 Å². The number of hydrogen-bond donors (Lipinski definition) is 1. The minimum absolute atomic E-state index is 0. The number of nitrogens with one attached hydrogen (secondary N) is 1. The van der Waals surface area contributed by atoms with Gasteiger partial charge in [0.1, 0.15) is 9.88 Å². The van der Waals surface area contributed by atoms with Crippen LogP contribution < -0.4 is 14.8 Å². The van der Waals surface area contributed by atoms with E-state index in [1.54, 1.807) is 14.2 Å². The highest BCUT2D eigenvalue weighted by molar-refractivity contribution is 7.17. The van der Waals surface area contributed by atoms with Crippen molar-refractivity contribution in [1.29, 1.82) is 0 Å². The van der Waals surface area contributed by atoms with E-state index in [9.17, 15) is 4.79 Å². The van der Waals surface area contributed by atoms with E-state index in [0.29, 0.717) is 22.9 Å². The van der Waals surface area contributed by atoms with Crippen molar-refractivity contribution in [2.75, 3.05) is 27.3 Å². The maximum atomic E-state index is 13.1. The number of rotatable bonds is 4. The standard InChI is InChI=1S/C19H25N3O3S.2ClH/c1-11-13(3)22(9-8-20-11)19(23)17-12(2)21-18(26-17)14-6-7-15(24-4)16(10-14)25-5;;/h6-7,10-11,13,20H,8-9H2,1-5H3;2*1H. The lowest BCUT2D eigenvalue weighted by atomic mass is 10.1. The first-order chi connectivity index (χ1) is 12.5. The second-order valence-electron chi connectivity index (χ2n) is 6.49. The monoisotopic (exact) mass is 447 g/mol. The lowest BCUT2D eigenvalue weighted by Gasteiger charge is -2.38. The summed E-state index contributed by atoms with van der Waals surface area (Å²) in [5, 5.41) is 4.21. The summed E-state index contributed by atoms with van der Waals surface area (Å²) in [5.74, 6) is 1.38. The van der Waals surface area contributed by atoms with Crippen molar-refractivity contribution in [3.05, 3.63) is 28.8 Å². The van der Waals surface area contributed by atoms with Gasteiger partial charge in [-0.15, -0.1) is 36.2 Å². The Morgan fingerprint density at radius 1 is 1.21 bits per heavy atom. The van der Waals surface area contributed by atoms with Crippen LogP contribution in [0.5, 0.6) is 11.5 Å². The lowest BCUT2D eigenvalue weighted by molar-refractivity contribution is 0.0607. The van der Waals surface area contributed by atoms with Gasteiger partial charge >= 0.3 is 0 Å². The van der Waals surface area contributed by atoms with Crippen molar-refractivity contribution in [2.24, 2.45) is 0 Å².